The fourth-order valence-electron chi connectivity index (χ4n) is 2.38. The van der Waals surface area contributed by atoms with Crippen LogP contribution in [0.15, 0.2) is 16.7 Å². The van der Waals surface area contributed by atoms with Crippen molar-refractivity contribution < 1.29 is 0 Å². The standard InChI is InChI=1S/C12H15BrClN3/c13-11-7-9(14)8-15-12(11)17-5-3-16(4-6-17)10-1-2-10/h7-8,10H,1-6H2. The van der Waals surface area contributed by atoms with Crippen molar-refractivity contribution in [3.05, 3.63) is 21.8 Å². The predicted molar refractivity (Wildman–Crippen MR) is 73.8 cm³/mol. The second-order valence-electron chi connectivity index (χ2n) is 4.71. The summed E-state index contributed by atoms with van der Waals surface area (Å²) in [4.78, 5) is 9.35. The molecule has 1 aliphatic carbocycles. The van der Waals surface area contributed by atoms with E-state index in [4.69, 9.17) is 11.6 Å². The Morgan fingerprint density at radius 2 is 1.94 bits per heavy atom. The lowest BCUT2D eigenvalue weighted by Gasteiger charge is -2.35. The monoisotopic (exact) mass is 315 g/mol. The number of aromatic nitrogens is 1. The molecule has 0 spiro atoms. The molecule has 2 heterocycles. The molecule has 0 amide bonds. The number of anilines is 1. The summed E-state index contributed by atoms with van der Waals surface area (Å²) >= 11 is 9.45. The van der Waals surface area contributed by atoms with E-state index >= 15 is 0 Å². The number of nitrogens with zero attached hydrogens (tertiary/aromatic N) is 3. The average molecular weight is 317 g/mol. The summed E-state index contributed by atoms with van der Waals surface area (Å²) in [5.41, 5.74) is 0. The highest BCUT2D eigenvalue weighted by Gasteiger charge is 2.31. The summed E-state index contributed by atoms with van der Waals surface area (Å²) in [7, 11) is 0. The minimum Gasteiger partial charge on any atom is -0.353 e. The first-order valence-electron chi connectivity index (χ1n) is 6.04. The van der Waals surface area contributed by atoms with Gasteiger partial charge in [-0.1, -0.05) is 11.6 Å². The van der Waals surface area contributed by atoms with E-state index in [-0.39, 0.29) is 0 Å². The predicted octanol–water partition coefficient (Wildman–Crippen LogP) is 2.78. The zero-order valence-corrected chi connectivity index (χ0v) is 11.9. The minimum absolute atomic E-state index is 0.678. The van der Waals surface area contributed by atoms with Crippen LogP contribution in [0.2, 0.25) is 5.02 Å². The Labute approximate surface area is 115 Å². The van der Waals surface area contributed by atoms with Gasteiger partial charge in [0.1, 0.15) is 5.82 Å². The van der Waals surface area contributed by atoms with Crippen molar-refractivity contribution in [1.29, 1.82) is 0 Å². The van der Waals surface area contributed by atoms with Gasteiger partial charge in [-0.15, -0.1) is 0 Å². The van der Waals surface area contributed by atoms with Crippen LogP contribution in [0.1, 0.15) is 12.8 Å². The van der Waals surface area contributed by atoms with E-state index in [1.54, 1.807) is 6.20 Å². The molecule has 0 atom stereocenters. The van der Waals surface area contributed by atoms with Crippen LogP contribution in [0.25, 0.3) is 0 Å². The van der Waals surface area contributed by atoms with E-state index in [0.29, 0.717) is 5.02 Å². The molecule has 5 heteroatoms. The molecule has 1 saturated carbocycles. The molecule has 2 aliphatic rings. The first-order valence-corrected chi connectivity index (χ1v) is 7.21. The number of halogens is 2. The Morgan fingerprint density at radius 1 is 1.24 bits per heavy atom. The van der Waals surface area contributed by atoms with Gasteiger partial charge in [-0.2, -0.15) is 0 Å². The molecule has 1 aliphatic heterocycles. The van der Waals surface area contributed by atoms with Gasteiger partial charge in [0.05, 0.1) is 9.50 Å². The minimum atomic E-state index is 0.678. The number of hydrogen-bond acceptors (Lipinski definition) is 3. The summed E-state index contributed by atoms with van der Waals surface area (Å²) in [5, 5.41) is 0.678. The molecule has 0 radical (unpaired) electrons. The molecule has 0 bridgehead atoms. The van der Waals surface area contributed by atoms with E-state index in [9.17, 15) is 0 Å². The molecule has 1 aromatic rings. The lowest BCUT2D eigenvalue weighted by atomic mass is 10.3. The Bertz CT molecular complexity index is 414. The molecule has 3 rings (SSSR count). The Balaban J connectivity index is 1.68. The van der Waals surface area contributed by atoms with Crippen molar-refractivity contribution in [2.45, 2.75) is 18.9 Å². The average Bonchev–Trinajstić information content (AvgIpc) is 3.13. The summed E-state index contributed by atoms with van der Waals surface area (Å²) in [5.74, 6) is 1.02. The molecule has 3 nitrogen and oxygen atoms in total. The van der Waals surface area contributed by atoms with E-state index in [1.165, 1.54) is 12.8 Å². The smallest absolute Gasteiger partial charge is 0.143 e. The lowest BCUT2D eigenvalue weighted by Crippen LogP contribution is -2.47. The van der Waals surface area contributed by atoms with E-state index in [1.807, 2.05) is 6.07 Å². The first-order chi connectivity index (χ1) is 8.24. The van der Waals surface area contributed by atoms with Crippen molar-refractivity contribution in [1.82, 2.24) is 9.88 Å². The lowest BCUT2D eigenvalue weighted by molar-refractivity contribution is 0.247. The zero-order valence-electron chi connectivity index (χ0n) is 9.57. The Kier molecular flexibility index (Phi) is 3.28. The highest BCUT2D eigenvalue weighted by Crippen LogP contribution is 2.30. The van der Waals surface area contributed by atoms with Gasteiger partial charge in [0.15, 0.2) is 0 Å². The van der Waals surface area contributed by atoms with Crippen LogP contribution in [0.5, 0.6) is 0 Å². The Morgan fingerprint density at radius 3 is 2.53 bits per heavy atom. The van der Waals surface area contributed by atoms with Gasteiger partial charge in [0, 0.05) is 38.4 Å². The number of piperazine rings is 1. The van der Waals surface area contributed by atoms with Crippen LogP contribution in [0.4, 0.5) is 5.82 Å². The Hall–Kier alpha value is -0.320. The van der Waals surface area contributed by atoms with Gasteiger partial charge in [-0.3, -0.25) is 4.90 Å². The molecule has 92 valence electrons. The highest BCUT2D eigenvalue weighted by atomic mass is 79.9. The van der Waals surface area contributed by atoms with Crippen molar-refractivity contribution >= 4 is 33.3 Å². The maximum atomic E-state index is 5.91. The van der Waals surface area contributed by atoms with Crippen LogP contribution < -0.4 is 4.90 Å². The summed E-state index contributed by atoms with van der Waals surface area (Å²) < 4.78 is 0.991. The SMILES string of the molecule is Clc1cnc(N2CCN(C3CC3)CC2)c(Br)c1. The topological polar surface area (TPSA) is 19.4 Å². The van der Waals surface area contributed by atoms with E-state index in [2.05, 4.69) is 30.7 Å². The summed E-state index contributed by atoms with van der Waals surface area (Å²) in [6.07, 6.45) is 4.50. The largest absolute Gasteiger partial charge is 0.353 e. The van der Waals surface area contributed by atoms with Gasteiger partial charge in [-0.05, 0) is 34.8 Å². The van der Waals surface area contributed by atoms with E-state index < -0.39 is 0 Å². The van der Waals surface area contributed by atoms with Gasteiger partial charge < -0.3 is 4.90 Å². The molecular formula is C12H15BrClN3. The number of rotatable bonds is 2. The molecule has 17 heavy (non-hydrogen) atoms. The molecule has 0 aromatic carbocycles. The quantitative estimate of drug-likeness (QED) is 0.836. The van der Waals surface area contributed by atoms with Crippen LogP contribution in [0.3, 0.4) is 0 Å². The fraction of sp³-hybridized carbons (Fsp3) is 0.583. The van der Waals surface area contributed by atoms with Crippen LogP contribution in [-0.4, -0.2) is 42.1 Å². The van der Waals surface area contributed by atoms with Crippen molar-refractivity contribution in [3.8, 4) is 0 Å². The molecule has 1 saturated heterocycles. The second kappa shape index (κ2) is 4.75. The molecular weight excluding hydrogens is 302 g/mol. The first kappa shape index (κ1) is 11.8. The zero-order chi connectivity index (χ0) is 11.8. The maximum absolute atomic E-state index is 5.91. The third-order valence-electron chi connectivity index (χ3n) is 3.47. The van der Waals surface area contributed by atoms with Crippen molar-refractivity contribution in [2.75, 3.05) is 31.1 Å². The normalized spacial score (nSPS) is 21.9. The maximum Gasteiger partial charge on any atom is 0.143 e. The van der Waals surface area contributed by atoms with Gasteiger partial charge in [0.25, 0.3) is 0 Å². The molecule has 2 fully saturated rings. The van der Waals surface area contributed by atoms with Crippen LogP contribution in [0, 0.1) is 0 Å². The van der Waals surface area contributed by atoms with Crippen molar-refractivity contribution in [2.24, 2.45) is 0 Å². The van der Waals surface area contributed by atoms with Gasteiger partial charge >= 0.3 is 0 Å². The third kappa shape index (κ3) is 2.59. The molecule has 0 unspecified atom stereocenters. The highest BCUT2D eigenvalue weighted by molar-refractivity contribution is 9.10. The van der Waals surface area contributed by atoms with Crippen LogP contribution in [-0.2, 0) is 0 Å². The summed E-state index contributed by atoms with van der Waals surface area (Å²) in [6.45, 7) is 4.43. The summed E-state index contributed by atoms with van der Waals surface area (Å²) in [6, 6.07) is 2.79. The van der Waals surface area contributed by atoms with Crippen LogP contribution >= 0.6 is 27.5 Å². The molecule has 1 aromatic heterocycles. The second-order valence-corrected chi connectivity index (χ2v) is 6.00. The van der Waals surface area contributed by atoms with Gasteiger partial charge in [0.2, 0.25) is 0 Å². The van der Waals surface area contributed by atoms with E-state index in [0.717, 1.165) is 42.5 Å². The molecule has 0 N–H and O–H groups in total. The third-order valence-corrected chi connectivity index (χ3v) is 4.26. The number of pyridine rings is 1. The number of hydrogen-bond donors (Lipinski definition) is 0. The fourth-order valence-corrected chi connectivity index (χ4v) is 3.27. The van der Waals surface area contributed by atoms with Gasteiger partial charge in [-0.25, -0.2) is 4.98 Å². The van der Waals surface area contributed by atoms with Crippen molar-refractivity contribution in [3.63, 3.8) is 0 Å².